The van der Waals surface area contributed by atoms with E-state index in [1.165, 1.54) is 0 Å². The molecule has 100 valence electrons. The number of benzene rings is 2. The van der Waals surface area contributed by atoms with Crippen LogP contribution in [0.3, 0.4) is 0 Å². The van der Waals surface area contributed by atoms with Gasteiger partial charge in [0.1, 0.15) is 5.60 Å². The Morgan fingerprint density at radius 1 is 1.11 bits per heavy atom. The summed E-state index contributed by atoms with van der Waals surface area (Å²) in [7, 11) is 0. The van der Waals surface area contributed by atoms with Crippen LogP contribution >= 0.6 is 15.9 Å². The number of amides is 1. The molecule has 0 aliphatic rings. The SMILES string of the molecule is CC(C)(C)OC(=O)Nc1ccc2cc(Br)ccc2c1. The zero-order valence-electron chi connectivity index (χ0n) is 11.2. The van der Waals surface area contributed by atoms with Gasteiger partial charge in [-0.3, -0.25) is 5.32 Å². The molecule has 0 aliphatic carbocycles. The molecule has 3 nitrogen and oxygen atoms in total. The topological polar surface area (TPSA) is 38.3 Å². The van der Waals surface area contributed by atoms with Gasteiger partial charge in [0.05, 0.1) is 0 Å². The molecule has 1 amide bonds. The average Bonchev–Trinajstić information content (AvgIpc) is 2.26. The first kappa shape index (κ1) is 13.9. The fraction of sp³-hybridized carbons (Fsp3) is 0.267. The van der Waals surface area contributed by atoms with Crippen molar-refractivity contribution in [3.63, 3.8) is 0 Å². The first-order valence-corrected chi connectivity index (χ1v) is 6.82. The van der Waals surface area contributed by atoms with E-state index in [0.717, 1.165) is 20.9 Å². The van der Waals surface area contributed by atoms with E-state index in [4.69, 9.17) is 4.74 Å². The molecule has 2 aromatic carbocycles. The van der Waals surface area contributed by atoms with Crippen LogP contribution < -0.4 is 5.32 Å². The van der Waals surface area contributed by atoms with Gasteiger partial charge in [0.2, 0.25) is 0 Å². The zero-order valence-corrected chi connectivity index (χ0v) is 12.7. The lowest BCUT2D eigenvalue weighted by Crippen LogP contribution is -2.27. The highest BCUT2D eigenvalue weighted by Crippen LogP contribution is 2.23. The molecule has 0 bridgehead atoms. The second-order valence-electron chi connectivity index (χ2n) is 5.33. The van der Waals surface area contributed by atoms with E-state index in [2.05, 4.69) is 21.2 Å². The van der Waals surface area contributed by atoms with E-state index in [9.17, 15) is 4.79 Å². The van der Waals surface area contributed by atoms with E-state index in [0.29, 0.717) is 0 Å². The van der Waals surface area contributed by atoms with Crippen LogP contribution in [0.1, 0.15) is 20.8 Å². The molecular weight excluding hydrogens is 306 g/mol. The number of hydrogen-bond donors (Lipinski definition) is 1. The summed E-state index contributed by atoms with van der Waals surface area (Å²) in [5.74, 6) is 0. The van der Waals surface area contributed by atoms with Gasteiger partial charge in [-0.25, -0.2) is 4.79 Å². The standard InChI is InChI=1S/C15H16BrNO2/c1-15(2,3)19-14(18)17-13-7-5-10-8-12(16)6-4-11(10)9-13/h4-9H,1-3H3,(H,17,18). The van der Waals surface area contributed by atoms with Crippen LogP contribution in [0.2, 0.25) is 0 Å². The Morgan fingerprint density at radius 3 is 2.42 bits per heavy atom. The summed E-state index contributed by atoms with van der Waals surface area (Å²) >= 11 is 3.43. The maximum atomic E-state index is 11.7. The van der Waals surface area contributed by atoms with Crippen LogP contribution in [0.15, 0.2) is 40.9 Å². The molecule has 0 radical (unpaired) electrons. The predicted molar refractivity (Wildman–Crippen MR) is 81.5 cm³/mol. The van der Waals surface area contributed by atoms with Gasteiger partial charge in [-0.2, -0.15) is 0 Å². The van der Waals surface area contributed by atoms with E-state index in [1.807, 2.05) is 57.2 Å². The van der Waals surface area contributed by atoms with E-state index < -0.39 is 11.7 Å². The lowest BCUT2D eigenvalue weighted by atomic mass is 10.1. The van der Waals surface area contributed by atoms with Crippen molar-refractivity contribution in [2.24, 2.45) is 0 Å². The number of anilines is 1. The molecule has 0 unspecified atom stereocenters. The number of fused-ring (bicyclic) bond motifs is 1. The lowest BCUT2D eigenvalue weighted by molar-refractivity contribution is 0.0636. The fourth-order valence-corrected chi connectivity index (χ4v) is 2.09. The number of carbonyl (C=O) groups is 1. The van der Waals surface area contributed by atoms with Gasteiger partial charge in [-0.1, -0.05) is 28.1 Å². The van der Waals surface area contributed by atoms with Crippen molar-refractivity contribution in [1.29, 1.82) is 0 Å². The summed E-state index contributed by atoms with van der Waals surface area (Å²) in [6.07, 6.45) is -0.441. The second kappa shape index (κ2) is 5.21. The number of halogens is 1. The number of ether oxygens (including phenoxy) is 1. The van der Waals surface area contributed by atoms with Gasteiger partial charge in [0, 0.05) is 10.2 Å². The number of rotatable bonds is 1. The molecule has 1 N–H and O–H groups in total. The Bertz CT molecular complexity index is 617. The molecule has 0 aromatic heterocycles. The zero-order chi connectivity index (χ0) is 14.0. The largest absolute Gasteiger partial charge is 0.444 e. The monoisotopic (exact) mass is 321 g/mol. The Balaban J connectivity index is 2.18. The summed E-state index contributed by atoms with van der Waals surface area (Å²) in [6, 6.07) is 11.8. The summed E-state index contributed by atoms with van der Waals surface area (Å²) in [4.78, 5) is 11.7. The number of hydrogen-bond acceptors (Lipinski definition) is 2. The summed E-state index contributed by atoms with van der Waals surface area (Å²) in [6.45, 7) is 5.51. The van der Waals surface area contributed by atoms with Crippen LogP contribution in [0.4, 0.5) is 10.5 Å². The number of nitrogens with one attached hydrogen (secondary N) is 1. The molecule has 4 heteroatoms. The van der Waals surface area contributed by atoms with E-state index in [-0.39, 0.29) is 0 Å². The van der Waals surface area contributed by atoms with Gasteiger partial charge in [-0.05, 0) is 55.8 Å². The minimum Gasteiger partial charge on any atom is -0.444 e. The normalized spacial score (nSPS) is 11.4. The van der Waals surface area contributed by atoms with Crippen molar-refractivity contribution >= 4 is 38.5 Å². The molecule has 2 aromatic rings. The third-order valence-corrected chi connectivity index (χ3v) is 2.94. The second-order valence-corrected chi connectivity index (χ2v) is 6.25. The van der Waals surface area contributed by atoms with Crippen molar-refractivity contribution in [2.75, 3.05) is 5.32 Å². The molecule has 2 rings (SSSR count). The molecular formula is C15H16BrNO2. The smallest absolute Gasteiger partial charge is 0.412 e. The molecule has 0 heterocycles. The highest BCUT2D eigenvalue weighted by molar-refractivity contribution is 9.10. The van der Waals surface area contributed by atoms with Gasteiger partial charge in [-0.15, -0.1) is 0 Å². The molecule has 0 atom stereocenters. The van der Waals surface area contributed by atoms with Gasteiger partial charge in [0.25, 0.3) is 0 Å². The van der Waals surface area contributed by atoms with Crippen LogP contribution in [-0.2, 0) is 4.74 Å². The maximum absolute atomic E-state index is 11.7. The Morgan fingerprint density at radius 2 is 1.74 bits per heavy atom. The van der Waals surface area contributed by atoms with Crippen LogP contribution in [0, 0.1) is 0 Å². The Labute approximate surface area is 121 Å². The Hall–Kier alpha value is -1.55. The van der Waals surface area contributed by atoms with Crippen LogP contribution in [0.5, 0.6) is 0 Å². The van der Waals surface area contributed by atoms with Gasteiger partial charge in [0.15, 0.2) is 0 Å². The first-order valence-electron chi connectivity index (χ1n) is 6.03. The quantitative estimate of drug-likeness (QED) is 0.807. The number of carbonyl (C=O) groups excluding carboxylic acids is 1. The van der Waals surface area contributed by atoms with Gasteiger partial charge >= 0.3 is 6.09 Å². The summed E-state index contributed by atoms with van der Waals surface area (Å²) < 4.78 is 6.25. The van der Waals surface area contributed by atoms with Crippen molar-refractivity contribution in [2.45, 2.75) is 26.4 Å². The highest BCUT2D eigenvalue weighted by atomic mass is 79.9. The predicted octanol–water partition coefficient (Wildman–Crippen LogP) is 4.95. The minimum atomic E-state index is -0.494. The average molecular weight is 322 g/mol. The van der Waals surface area contributed by atoms with Crippen molar-refractivity contribution in [3.05, 3.63) is 40.9 Å². The molecule has 0 saturated heterocycles. The molecule has 0 saturated carbocycles. The van der Waals surface area contributed by atoms with Crippen molar-refractivity contribution in [3.8, 4) is 0 Å². The third kappa shape index (κ3) is 3.96. The molecule has 19 heavy (non-hydrogen) atoms. The Kier molecular flexibility index (Phi) is 3.80. The summed E-state index contributed by atoms with van der Waals surface area (Å²) in [5, 5.41) is 4.91. The van der Waals surface area contributed by atoms with E-state index >= 15 is 0 Å². The molecule has 0 spiro atoms. The van der Waals surface area contributed by atoms with Crippen molar-refractivity contribution in [1.82, 2.24) is 0 Å². The van der Waals surface area contributed by atoms with Crippen LogP contribution in [-0.4, -0.2) is 11.7 Å². The fourth-order valence-electron chi connectivity index (χ4n) is 1.72. The first-order chi connectivity index (χ1) is 8.83. The highest BCUT2D eigenvalue weighted by Gasteiger charge is 2.16. The van der Waals surface area contributed by atoms with Crippen molar-refractivity contribution < 1.29 is 9.53 Å². The third-order valence-electron chi connectivity index (χ3n) is 2.45. The maximum Gasteiger partial charge on any atom is 0.412 e. The van der Waals surface area contributed by atoms with Gasteiger partial charge < -0.3 is 4.74 Å². The van der Waals surface area contributed by atoms with E-state index in [1.54, 1.807) is 0 Å². The minimum absolute atomic E-state index is 0.441. The van der Waals surface area contributed by atoms with Crippen LogP contribution in [0.25, 0.3) is 10.8 Å². The lowest BCUT2D eigenvalue weighted by Gasteiger charge is -2.19. The molecule has 0 aliphatic heterocycles. The summed E-state index contributed by atoms with van der Waals surface area (Å²) in [5.41, 5.74) is 0.232. The molecule has 0 fully saturated rings.